The third-order valence-corrected chi connectivity index (χ3v) is 6.04. The van der Waals surface area contributed by atoms with Gasteiger partial charge in [0.15, 0.2) is 5.78 Å². The second-order valence-corrected chi connectivity index (χ2v) is 8.19. The molecule has 3 aromatic rings. The van der Waals surface area contributed by atoms with E-state index in [4.69, 9.17) is 0 Å². The molecule has 0 saturated carbocycles. The molecule has 0 spiro atoms. The van der Waals surface area contributed by atoms with Gasteiger partial charge < -0.3 is 14.8 Å². The molecule has 0 atom stereocenters. The first-order valence-electron chi connectivity index (χ1n) is 11.1. The average Bonchev–Trinajstić information content (AvgIpc) is 2.84. The van der Waals surface area contributed by atoms with Crippen LogP contribution in [-0.2, 0) is 11.2 Å². The molecule has 0 radical (unpaired) electrons. The van der Waals surface area contributed by atoms with Crippen molar-refractivity contribution in [2.24, 2.45) is 0 Å². The summed E-state index contributed by atoms with van der Waals surface area (Å²) in [7, 11) is 0. The molecule has 1 fully saturated rings. The summed E-state index contributed by atoms with van der Waals surface area (Å²) < 4.78 is 0. The highest BCUT2D eigenvalue weighted by atomic mass is 16.2. The molecule has 0 unspecified atom stereocenters. The maximum atomic E-state index is 12.8. The maximum absolute atomic E-state index is 12.8. The molecule has 2 aromatic heterocycles. The first-order chi connectivity index (χ1) is 15.9. The van der Waals surface area contributed by atoms with Crippen LogP contribution in [0.4, 0.5) is 5.69 Å². The van der Waals surface area contributed by atoms with Crippen molar-refractivity contribution in [3.05, 3.63) is 76.0 Å². The minimum Gasteiger partial charge on any atom is -0.368 e. The number of aryl methyl sites for hydroxylation is 1. The fraction of sp³-hybridized carbons (Fsp3) is 0.320. The Morgan fingerprint density at radius 3 is 2.27 bits per heavy atom. The molecule has 1 amide bonds. The van der Waals surface area contributed by atoms with Crippen LogP contribution in [0.5, 0.6) is 0 Å². The monoisotopic (exact) mass is 445 g/mol. The summed E-state index contributed by atoms with van der Waals surface area (Å²) in [5.74, 6) is 0.592. The summed E-state index contributed by atoms with van der Waals surface area (Å²) in [4.78, 5) is 52.2. The van der Waals surface area contributed by atoms with Crippen LogP contribution < -0.4 is 10.5 Å². The van der Waals surface area contributed by atoms with E-state index in [1.807, 2.05) is 29.2 Å². The number of aromatic nitrogens is 3. The number of nitrogens with zero attached hydrogens (tertiary/aromatic N) is 4. The lowest BCUT2D eigenvalue weighted by Gasteiger charge is -2.36. The van der Waals surface area contributed by atoms with Crippen molar-refractivity contribution >= 4 is 17.4 Å². The van der Waals surface area contributed by atoms with Gasteiger partial charge in [-0.1, -0.05) is 0 Å². The van der Waals surface area contributed by atoms with Gasteiger partial charge in [0, 0.05) is 73.1 Å². The number of ketones is 1. The number of piperazine rings is 1. The summed E-state index contributed by atoms with van der Waals surface area (Å²) in [5, 5.41) is 0. The summed E-state index contributed by atoms with van der Waals surface area (Å²) in [6.45, 7) is 6.07. The molecule has 3 heterocycles. The number of hydrogen-bond acceptors (Lipinski definition) is 6. The molecule has 1 aliphatic heterocycles. The number of Topliss-reactive ketones (excluding diaryl/α,β-unsaturated/α-hetero) is 1. The lowest BCUT2D eigenvalue weighted by Crippen LogP contribution is -2.48. The van der Waals surface area contributed by atoms with Crippen molar-refractivity contribution in [3.63, 3.8) is 0 Å². The summed E-state index contributed by atoms with van der Waals surface area (Å²) >= 11 is 0. The van der Waals surface area contributed by atoms with Gasteiger partial charge in [-0.3, -0.25) is 19.4 Å². The van der Waals surface area contributed by atoms with Crippen molar-refractivity contribution in [1.29, 1.82) is 0 Å². The Bertz CT molecular complexity index is 1200. The zero-order chi connectivity index (χ0) is 23.4. The average molecular weight is 446 g/mol. The van der Waals surface area contributed by atoms with Crippen LogP contribution in [0.25, 0.3) is 11.4 Å². The summed E-state index contributed by atoms with van der Waals surface area (Å²) in [6.07, 6.45) is 3.93. The molecular formula is C25H27N5O3. The van der Waals surface area contributed by atoms with E-state index in [-0.39, 0.29) is 23.7 Å². The van der Waals surface area contributed by atoms with Gasteiger partial charge in [-0.2, -0.15) is 0 Å². The second kappa shape index (κ2) is 9.77. The Hall–Kier alpha value is -3.81. The number of benzene rings is 1. The number of amides is 1. The number of carbonyl (C=O) groups excluding carboxylic acids is 2. The molecule has 1 aromatic carbocycles. The SMILES string of the molecule is CC(=O)c1ccc(N2CCN(C(=O)CCc3c(C)nc(-c4ccncc4)[nH]c3=O)CC2)cc1. The maximum Gasteiger partial charge on any atom is 0.254 e. The molecule has 33 heavy (non-hydrogen) atoms. The standard InChI is InChI=1S/C25H27N5O3/c1-17-22(25(33)28-24(27-17)20-9-11-26-12-10-20)7-8-23(32)30-15-13-29(14-16-30)21-5-3-19(4-6-21)18(2)31/h3-6,9-12H,7-8,13-16H2,1-2H3,(H,27,28,33). The Labute approximate surface area is 192 Å². The number of H-pyrrole nitrogens is 1. The zero-order valence-corrected chi connectivity index (χ0v) is 18.9. The topological polar surface area (TPSA) is 99.3 Å². The van der Waals surface area contributed by atoms with E-state index in [9.17, 15) is 14.4 Å². The van der Waals surface area contributed by atoms with E-state index in [2.05, 4.69) is 19.9 Å². The van der Waals surface area contributed by atoms with E-state index >= 15 is 0 Å². The van der Waals surface area contributed by atoms with E-state index < -0.39 is 0 Å². The van der Waals surface area contributed by atoms with Crippen molar-refractivity contribution < 1.29 is 9.59 Å². The lowest BCUT2D eigenvalue weighted by atomic mass is 10.1. The van der Waals surface area contributed by atoms with Crippen LogP contribution in [0, 0.1) is 6.92 Å². The highest BCUT2D eigenvalue weighted by Gasteiger charge is 2.22. The van der Waals surface area contributed by atoms with Gasteiger partial charge in [0.2, 0.25) is 5.91 Å². The minimum absolute atomic E-state index is 0.0404. The van der Waals surface area contributed by atoms with Crippen LogP contribution in [0.1, 0.15) is 35.0 Å². The normalized spacial score (nSPS) is 13.8. The number of rotatable bonds is 6. The predicted octanol–water partition coefficient (Wildman–Crippen LogP) is 2.62. The molecule has 1 N–H and O–H groups in total. The van der Waals surface area contributed by atoms with Crippen LogP contribution in [0.15, 0.2) is 53.6 Å². The van der Waals surface area contributed by atoms with Gasteiger partial charge in [0.05, 0.1) is 0 Å². The first-order valence-corrected chi connectivity index (χ1v) is 11.1. The van der Waals surface area contributed by atoms with E-state index in [0.29, 0.717) is 42.2 Å². The number of hydrogen-bond donors (Lipinski definition) is 1. The molecule has 0 aliphatic carbocycles. The van der Waals surface area contributed by atoms with Crippen molar-refractivity contribution in [2.45, 2.75) is 26.7 Å². The molecule has 4 rings (SSSR count). The van der Waals surface area contributed by atoms with Crippen LogP contribution in [-0.4, -0.2) is 57.7 Å². The third-order valence-electron chi connectivity index (χ3n) is 6.04. The number of anilines is 1. The van der Waals surface area contributed by atoms with Crippen molar-refractivity contribution in [3.8, 4) is 11.4 Å². The Morgan fingerprint density at radius 1 is 1.00 bits per heavy atom. The second-order valence-electron chi connectivity index (χ2n) is 8.19. The summed E-state index contributed by atoms with van der Waals surface area (Å²) in [5.41, 5.74) is 3.51. The van der Waals surface area contributed by atoms with Crippen LogP contribution in [0.3, 0.4) is 0 Å². The van der Waals surface area contributed by atoms with Gasteiger partial charge in [0.1, 0.15) is 5.82 Å². The van der Waals surface area contributed by atoms with Gasteiger partial charge in [-0.15, -0.1) is 0 Å². The van der Waals surface area contributed by atoms with Crippen LogP contribution in [0.2, 0.25) is 0 Å². The number of nitrogens with one attached hydrogen (secondary N) is 1. The molecule has 8 heteroatoms. The fourth-order valence-corrected chi connectivity index (χ4v) is 4.06. The Balaban J connectivity index is 1.33. The van der Waals surface area contributed by atoms with Crippen molar-refractivity contribution in [1.82, 2.24) is 19.9 Å². The molecule has 1 saturated heterocycles. The molecule has 1 aliphatic rings. The van der Waals surface area contributed by atoms with Gasteiger partial charge in [0.25, 0.3) is 5.56 Å². The predicted molar refractivity (Wildman–Crippen MR) is 126 cm³/mol. The molecular weight excluding hydrogens is 418 g/mol. The van der Waals surface area contributed by atoms with E-state index in [0.717, 1.165) is 24.3 Å². The van der Waals surface area contributed by atoms with E-state index in [1.54, 1.807) is 38.4 Å². The fourth-order valence-electron chi connectivity index (χ4n) is 4.06. The number of aromatic amines is 1. The Kier molecular flexibility index (Phi) is 6.63. The van der Waals surface area contributed by atoms with Gasteiger partial charge >= 0.3 is 0 Å². The highest BCUT2D eigenvalue weighted by molar-refractivity contribution is 5.94. The lowest BCUT2D eigenvalue weighted by molar-refractivity contribution is -0.131. The Morgan fingerprint density at radius 2 is 1.67 bits per heavy atom. The number of carbonyl (C=O) groups is 2. The zero-order valence-electron chi connectivity index (χ0n) is 18.9. The first kappa shape index (κ1) is 22.4. The molecule has 0 bridgehead atoms. The third kappa shape index (κ3) is 5.16. The minimum atomic E-state index is -0.207. The molecule has 8 nitrogen and oxygen atoms in total. The highest BCUT2D eigenvalue weighted by Crippen LogP contribution is 2.19. The van der Waals surface area contributed by atoms with Gasteiger partial charge in [-0.25, -0.2) is 4.98 Å². The van der Waals surface area contributed by atoms with Gasteiger partial charge in [-0.05, 0) is 56.7 Å². The summed E-state index contributed by atoms with van der Waals surface area (Å²) in [6, 6.07) is 11.2. The number of pyridine rings is 1. The largest absolute Gasteiger partial charge is 0.368 e. The van der Waals surface area contributed by atoms with E-state index in [1.165, 1.54) is 0 Å². The quantitative estimate of drug-likeness (QED) is 0.586. The smallest absolute Gasteiger partial charge is 0.254 e. The molecule has 170 valence electrons. The van der Waals surface area contributed by atoms with Crippen LogP contribution >= 0.6 is 0 Å². The van der Waals surface area contributed by atoms with Crippen molar-refractivity contribution in [2.75, 3.05) is 31.1 Å².